The Morgan fingerprint density at radius 1 is 1.19 bits per heavy atom. The molecule has 7 heteroatoms. The Morgan fingerprint density at radius 3 is 2.24 bits per heavy atom. The lowest BCUT2D eigenvalue weighted by atomic mass is 10.0. The van der Waals surface area contributed by atoms with Gasteiger partial charge in [-0.05, 0) is 26.7 Å². The minimum atomic E-state index is -0.605. The summed E-state index contributed by atoms with van der Waals surface area (Å²) in [6.45, 7) is 7.78. The molecule has 2 N–H and O–H groups in total. The maximum Gasteiger partial charge on any atom is 0.268 e. The maximum atomic E-state index is 12.0. The molecule has 0 radical (unpaired) electrons. The van der Waals surface area contributed by atoms with E-state index >= 15 is 0 Å². The van der Waals surface area contributed by atoms with E-state index in [1.54, 1.807) is 6.92 Å². The van der Waals surface area contributed by atoms with Crippen LogP contribution >= 0.6 is 0 Å². The van der Waals surface area contributed by atoms with Gasteiger partial charge in [0.1, 0.15) is 6.54 Å². The molecule has 0 spiro atoms. The molecule has 0 aliphatic carbocycles. The van der Waals surface area contributed by atoms with Gasteiger partial charge in [-0.2, -0.15) is 0 Å². The monoisotopic (exact) mass is 295 g/mol. The maximum absolute atomic E-state index is 12.0. The van der Waals surface area contributed by atoms with Gasteiger partial charge in [-0.15, -0.1) is 0 Å². The SMILES string of the molecule is CC(=O)C(NC(=O)Cn1[nH]c(=O)c(C)c(C)c1=O)C(C)C. The van der Waals surface area contributed by atoms with E-state index in [-0.39, 0.29) is 18.2 Å². The van der Waals surface area contributed by atoms with Crippen molar-refractivity contribution in [2.75, 3.05) is 0 Å². The summed E-state index contributed by atoms with van der Waals surface area (Å²) in [5, 5.41) is 4.93. The van der Waals surface area contributed by atoms with Crippen LogP contribution in [0, 0.1) is 19.8 Å². The molecular formula is C14H21N3O4. The van der Waals surface area contributed by atoms with Crippen LogP contribution in [0.4, 0.5) is 0 Å². The molecule has 0 aromatic carbocycles. The van der Waals surface area contributed by atoms with Gasteiger partial charge in [0.25, 0.3) is 11.1 Å². The number of nitrogens with zero attached hydrogens (tertiary/aromatic N) is 1. The minimum absolute atomic E-state index is 0.0537. The van der Waals surface area contributed by atoms with Crippen molar-refractivity contribution < 1.29 is 9.59 Å². The van der Waals surface area contributed by atoms with Crippen molar-refractivity contribution in [2.24, 2.45) is 5.92 Å². The molecule has 1 rings (SSSR count). The summed E-state index contributed by atoms with van der Waals surface area (Å²) in [5.74, 6) is -0.703. The molecule has 1 amide bonds. The first-order valence-electron chi connectivity index (χ1n) is 6.75. The zero-order valence-corrected chi connectivity index (χ0v) is 12.9. The van der Waals surface area contributed by atoms with Crippen LogP contribution in [0.2, 0.25) is 0 Å². The molecule has 116 valence electrons. The lowest BCUT2D eigenvalue weighted by Gasteiger charge is -2.19. The number of H-pyrrole nitrogens is 1. The van der Waals surface area contributed by atoms with Crippen LogP contribution < -0.4 is 16.4 Å². The molecule has 1 aromatic rings. The van der Waals surface area contributed by atoms with Crippen LogP contribution in [0.25, 0.3) is 0 Å². The van der Waals surface area contributed by atoms with Gasteiger partial charge in [0.05, 0.1) is 6.04 Å². The van der Waals surface area contributed by atoms with Crippen LogP contribution in [0.5, 0.6) is 0 Å². The third-order valence-electron chi connectivity index (χ3n) is 3.43. The largest absolute Gasteiger partial charge is 0.344 e. The van der Waals surface area contributed by atoms with Crippen LogP contribution in [-0.4, -0.2) is 27.5 Å². The summed E-state index contributed by atoms with van der Waals surface area (Å²) < 4.78 is 0.956. The fourth-order valence-electron chi connectivity index (χ4n) is 2.00. The molecule has 0 bridgehead atoms. The van der Waals surface area contributed by atoms with E-state index < -0.39 is 23.1 Å². The highest BCUT2D eigenvalue weighted by Gasteiger charge is 2.21. The molecule has 0 aliphatic rings. The number of amides is 1. The van der Waals surface area contributed by atoms with E-state index in [0.717, 1.165) is 4.68 Å². The summed E-state index contributed by atoms with van der Waals surface area (Å²) in [4.78, 5) is 47.0. The highest BCUT2D eigenvalue weighted by atomic mass is 16.2. The van der Waals surface area contributed by atoms with Gasteiger partial charge in [-0.1, -0.05) is 13.8 Å². The second-order valence-corrected chi connectivity index (χ2v) is 5.48. The lowest BCUT2D eigenvalue weighted by molar-refractivity contribution is -0.128. The van der Waals surface area contributed by atoms with Gasteiger partial charge in [-0.3, -0.25) is 24.3 Å². The third-order valence-corrected chi connectivity index (χ3v) is 3.43. The second-order valence-electron chi connectivity index (χ2n) is 5.48. The van der Waals surface area contributed by atoms with Crippen LogP contribution in [0.1, 0.15) is 31.9 Å². The molecule has 1 unspecified atom stereocenters. The van der Waals surface area contributed by atoms with Crippen molar-refractivity contribution in [2.45, 2.75) is 47.2 Å². The number of nitrogens with one attached hydrogen (secondary N) is 2. The summed E-state index contributed by atoms with van der Waals surface area (Å²) in [5.41, 5.74) is -0.197. The smallest absolute Gasteiger partial charge is 0.268 e. The molecule has 0 saturated heterocycles. The Labute approximate surface area is 122 Å². The van der Waals surface area contributed by atoms with E-state index in [2.05, 4.69) is 10.4 Å². The Kier molecular flexibility index (Phi) is 5.23. The minimum Gasteiger partial charge on any atom is -0.344 e. The van der Waals surface area contributed by atoms with Crippen LogP contribution in [0.15, 0.2) is 9.59 Å². The number of carbonyl (C=O) groups is 2. The van der Waals surface area contributed by atoms with Crippen molar-refractivity contribution in [1.82, 2.24) is 15.1 Å². The third kappa shape index (κ3) is 3.90. The fraction of sp³-hybridized carbons (Fsp3) is 0.571. The van der Waals surface area contributed by atoms with Crippen LogP contribution in [-0.2, 0) is 16.1 Å². The number of rotatable bonds is 5. The number of ketones is 1. The van der Waals surface area contributed by atoms with Gasteiger partial charge >= 0.3 is 0 Å². The van der Waals surface area contributed by atoms with Crippen molar-refractivity contribution in [3.63, 3.8) is 0 Å². The predicted molar refractivity (Wildman–Crippen MR) is 78.2 cm³/mol. The van der Waals surface area contributed by atoms with Gasteiger partial charge in [0, 0.05) is 11.1 Å². The number of hydrogen-bond acceptors (Lipinski definition) is 4. The van der Waals surface area contributed by atoms with E-state index in [4.69, 9.17) is 0 Å². The number of Topliss-reactive ketones (excluding diaryl/α,β-unsaturated/α-hetero) is 1. The topological polar surface area (TPSA) is 101 Å². The second kappa shape index (κ2) is 6.51. The summed E-state index contributed by atoms with van der Waals surface area (Å²) >= 11 is 0. The van der Waals surface area contributed by atoms with Gasteiger partial charge in [0.2, 0.25) is 5.91 Å². The first-order valence-corrected chi connectivity index (χ1v) is 6.75. The average Bonchev–Trinajstić information content (AvgIpc) is 2.39. The van der Waals surface area contributed by atoms with E-state index in [1.807, 2.05) is 13.8 Å². The van der Waals surface area contributed by atoms with Crippen molar-refractivity contribution in [3.8, 4) is 0 Å². The van der Waals surface area contributed by atoms with E-state index in [9.17, 15) is 19.2 Å². The van der Waals surface area contributed by atoms with Crippen molar-refractivity contribution in [3.05, 3.63) is 31.8 Å². The molecule has 7 nitrogen and oxygen atoms in total. The normalized spacial score (nSPS) is 12.3. The lowest BCUT2D eigenvalue weighted by Crippen LogP contribution is -2.46. The van der Waals surface area contributed by atoms with Gasteiger partial charge < -0.3 is 5.32 Å². The molecule has 0 saturated carbocycles. The van der Waals surface area contributed by atoms with Crippen LogP contribution in [0.3, 0.4) is 0 Å². The quantitative estimate of drug-likeness (QED) is 0.791. The molecule has 1 atom stereocenters. The Bertz CT molecular complexity index is 670. The Hall–Kier alpha value is -2.18. The highest BCUT2D eigenvalue weighted by molar-refractivity contribution is 5.87. The Morgan fingerprint density at radius 2 is 1.76 bits per heavy atom. The number of carbonyl (C=O) groups excluding carboxylic acids is 2. The van der Waals surface area contributed by atoms with Crippen molar-refractivity contribution >= 4 is 11.7 Å². The average molecular weight is 295 g/mol. The molecular weight excluding hydrogens is 274 g/mol. The predicted octanol–water partition coefficient (Wildman–Crippen LogP) is -0.117. The summed E-state index contributed by atoms with van der Waals surface area (Å²) in [7, 11) is 0. The fourth-order valence-corrected chi connectivity index (χ4v) is 2.00. The summed E-state index contributed by atoms with van der Waals surface area (Å²) in [6, 6.07) is -0.605. The molecule has 1 aromatic heterocycles. The summed E-state index contributed by atoms with van der Waals surface area (Å²) in [6.07, 6.45) is 0. The number of aromatic amines is 1. The first-order chi connectivity index (χ1) is 9.65. The van der Waals surface area contributed by atoms with E-state index in [1.165, 1.54) is 13.8 Å². The molecule has 0 aliphatic heterocycles. The Balaban J connectivity index is 2.97. The molecule has 21 heavy (non-hydrogen) atoms. The highest BCUT2D eigenvalue weighted by Crippen LogP contribution is 2.02. The standard InChI is InChI=1S/C14H21N3O4/c1-7(2)12(10(5)18)15-11(19)6-17-14(21)9(4)8(3)13(20)16-17/h7,12H,6H2,1-5H3,(H,15,19)(H,16,20). The number of hydrogen-bond donors (Lipinski definition) is 2. The van der Waals surface area contributed by atoms with E-state index in [0.29, 0.717) is 11.1 Å². The van der Waals surface area contributed by atoms with Gasteiger partial charge in [0.15, 0.2) is 5.78 Å². The molecule has 1 heterocycles. The number of aromatic nitrogens is 2. The van der Waals surface area contributed by atoms with Crippen molar-refractivity contribution in [1.29, 1.82) is 0 Å². The molecule has 0 fully saturated rings. The zero-order chi connectivity index (χ0) is 16.3. The van der Waals surface area contributed by atoms with Gasteiger partial charge in [-0.25, -0.2) is 4.68 Å². The first kappa shape index (κ1) is 16.9. The zero-order valence-electron chi connectivity index (χ0n) is 12.9.